The fourth-order valence-electron chi connectivity index (χ4n) is 2.31. The lowest BCUT2D eigenvalue weighted by atomic mass is 9.88. The van der Waals surface area contributed by atoms with E-state index in [0.29, 0.717) is 13.0 Å². The average molecular weight is 271 g/mol. The highest BCUT2D eigenvalue weighted by Gasteiger charge is 2.21. The van der Waals surface area contributed by atoms with Crippen molar-refractivity contribution in [2.45, 2.75) is 64.5 Å². The van der Waals surface area contributed by atoms with Gasteiger partial charge in [-0.1, -0.05) is 6.42 Å². The number of aliphatic hydroxyl groups is 1. The Labute approximate surface area is 114 Å². The van der Waals surface area contributed by atoms with Gasteiger partial charge in [-0.25, -0.2) is 0 Å². The lowest BCUT2D eigenvalue weighted by Gasteiger charge is -2.25. The summed E-state index contributed by atoms with van der Waals surface area (Å²) in [5.74, 6) is -0.198. The van der Waals surface area contributed by atoms with Gasteiger partial charge >= 0.3 is 5.97 Å². The molecule has 1 fully saturated rings. The monoisotopic (exact) mass is 271 g/mol. The van der Waals surface area contributed by atoms with Gasteiger partial charge in [0, 0.05) is 12.5 Å². The first-order valence-electron chi connectivity index (χ1n) is 7.10. The van der Waals surface area contributed by atoms with Gasteiger partial charge in [0.2, 0.25) is 5.91 Å². The van der Waals surface area contributed by atoms with Gasteiger partial charge in [-0.15, -0.1) is 0 Å². The molecule has 0 bridgehead atoms. The Bertz CT molecular complexity index is 304. The Morgan fingerprint density at radius 3 is 2.68 bits per heavy atom. The van der Waals surface area contributed by atoms with Gasteiger partial charge in [0.05, 0.1) is 19.1 Å². The molecule has 0 aromatic carbocycles. The summed E-state index contributed by atoms with van der Waals surface area (Å²) in [5.41, 5.74) is 0. The number of carbonyl (C=O) groups is 2. The molecular weight excluding hydrogens is 246 g/mol. The van der Waals surface area contributed by atoms with Gasteiger partial charge in [0.15, 0.2) is 0 Å². The van der Waals surface area contributed by atoms with Crippen LogP contribution in [-0.2, 0) is 14.3 Å². The van der Waals surface area contributed by atoms with Crippen LogP contribution >= 0.6 is 0 Å². The molecule has 2 N–H and O–H groups in total. The highest BCUT2D eigenvalue weighted by atomic mass is 16.5. The second kappa shape index (κ2) is 8.15. The zero-order valence-electron chi connectivity index (χ0n) is 11.9. The summed E-state index contributed by atoms with van der Waals surface area (Å²) in [6, 6.07) is 0.0900. The molecule has 2 unspecified atom stereocenters. The summed E-state index contributed by atoms with van der Waals surface area (Å²) in [6.07, 6.45) is 3.58. The topological polar surface area (TPSA) is 75.6 Å². The summed E-state index contributed by atoms with van der Waals surface area (Å²) in [5, 5.41) is 12.2. The molecule has 1 aliphatic carbocycles. The predicted molar refractivity (Wildman–Crippen MR) is 71.4 cm³/mol. The number of aliphatic hydroxyl groups excluding tert-OH is 1. The maximum atomic E-state index is 11.5. The molecule has 0 radical (unpaired) electrons. The molecule has 1 aliphatic rings. The minimum Gasteiger partial charge on any atom is -0.465 e. The smallest absolute Gasteiger partial charge is 0.306 e. The van der Waals surface area contributed by atoms with Crippen LogP contribution in [-0.4, -0.2) is 35.7 Å². The number of rotatable bonds is 6. The minimum atomic E-state index is -0.334. The van der Waals surface area contributed by atoms with E-state index in [2.05, 4.69) is 5.32 Å². The van der Waals surface area contributed by atoms with E-state index in [1.54, 1.807) is 0 Å². The summed E-state index contributed by atoms with van der Waals surface area (Å²) in [6.45, 7) is 4.12. The van der Waals surface area contributed by atoms with Crippen LogP contribution in [0.15, 0.2) is 0 Å². The number of amides is 1. The van der Waals surface area contributed by atoms with Crippen LogP contribution in [0.1, 0.15) is 52.4 Å². The van der Waals surface area contributed by atoms with E-state index < -0.39 is 0 Å². The van der Waals surface area contributed by atoms with E-state index in [4.69, 9.17) is 4.74 Å². The van der Waals surface area contributed by atoms with E-state index >= 15 is 0 Å². The molecule has 1 rings (SSSR count). The van der Waals surface area contributed by atoms with Gasteiger partial charge in [0.1, 0.15) is 0 Å². The van der Waals surface area contributed by atoms with Crippen LogP contribution in [0.4, 0.5) is 0 Å². The van der Waals surface area contributed by atoms with Crippen molar-refractivity contribution < 1.29 is 19.4 Å². The molecule has 0 spiro atoms. The molecule has 0 heterocycles. The number of hydrogen-bond donors (Lipinski definition) is 2. The Morgan fingerprint density at radius 2 is 2.05 bits per heavy atom. The molecule has 0 aromatic rings. The van der Waals surface area contributed by atoms with Crippen molar-refractivity contribution in [3.63, 3.8) is 0 Å². The minimum absolute atomic E-state index is 0.0900. The van der Waals surface area contributed by atoms with Crippen molar-refractivity contribution in [3.8, 4) is 0 Å². The van der Waals surface area contributed by atoms with Crippen LogP contribution in [0.25, 0.3) is 0 Å². The summed E-state index contributed by atoms with van der Waals surface area (Å²) in [4.78, 5) is 22.8. The standard InChI is InChI=1S/C14H25NO4/c1-10(2)15-13(17)6-7-14(18)19-9-11-4-3-5-12(16)8-11/h10-12,16H,3-9H2,1-2H3,(H,15,17). The molecule has 0 saturated heterocycles. The van der Waals surface area contributed by atoms with Crippen LogP contribution in [0.3, 0.4) is 0 Å². The fraction of sp³-hybridized carbons (Fsp3) is 0.857. The van der Waals surface area contributed by atoms with E-state index in [0.717, 1.165) is 19.3 Å². The second-order valence-corrected chi connectivity index (χ2v) is 5.59. The van der Waals surface area contributed by atoms with Gasteiger partial charge in [0.25, 0.3) is 0 Å². The highest BCUT2D eigenvalue weighted by Crippen LogP contribution is 2.24. The number of hydrogen-bond acceptors (Lipinski definition) is 4. The average Bonchev–Trinajstić information content (AvgIpc) is 2.33. The molecule has 5 heteroatoms. The molecule has 0 aliphatic heterocycles. The first kappa shape index (κ1) is 16.0. The van der Waals surface area contributed by atoms with Crippen molar-refractivity contribution in [1.82, 2.24) is 5.32 Å². The number of esters is 1. The zero-order chi connectivity index (χ0) is 14.3. The second-order valence-electron chi connectivity index (χ2n) is 5.59. The van der Waals surface area contributed by atoms with E-state index in [9.17, 15) is 14.7 Å². The molecule has 19 heavy (non-hydrogen) atoms. The lowest BCUT2D eigenvalue weighted by molar-refractivity contribution is -0.147. The van der Waals surface area contributed by atoms with E-state index in [-0.39, 0.29) is 42.8 Å². The largest absolute Gasteiger partial charge is 0.465 e. The summed E-state index contributed by atoms with van der Waals surface area (Å²) < 4.78 is 5.16. The first-order chi connectivity index (χ1) is 8.97. The Morgan fingerprint density at radius 1 is 1.32 bits per heavy atom. The molecule has 5 nitrogen and oxygen atoms in total. The molecule has 1 amide bonds. The quantitative estimate of drug-likeness (QED) is 0.716. The molecule has 110 valence electrons. The molecule has 0 aromatic heterocycles. The van der Waals surface area contributed by atoms with Crippen molar-refractivity contribution in [2.24, 2.45) is 5.92 Å². The van der Waals surface area contributed by atoms with E-state index in [1.807, 2.05) is 13.8 Å². The maximum absolute atomic E-state index is 11.5. The predicted octanol–water partition coefficient (Wildman–Crippen LogP) is 1.39. The number of ether oxygens (including phenoxy) is 1. The van der Waals surface area contributed by atoms with Crippen LogP contribution in [0, 0.1) is 5.92 Å². The SMILES string of the molecule is CC(C)NC(=O)CCC(=O)OCC1CCCC(O)C1. The normalized spacial score (nSPS) is 23.2. The number of carbonyl (C=O) groups excluding carboxylic acids is 2. The van der Waals surface area contributed by atoms with Gasteiger partial charge in [-0.05, 0) is 39.0 Å². The van der Waals surface area contributed by atoms with Crippen LogP contribution < -0.4 is 5.32 Å². The van der Waals surface area contributed by atoms with Crippen molar-refractivity contribution >= 4 is 11.9 Å². The molecular formula is C14H25NO4. The van der Waals surface area contributed by atoms with Crippen LogP contribution in [0.5, 0.6) is 0 Å². The molecule has 1 saturated carbocycles. The fourth-order valence-corrected chi connectivity index (χ4v) is 2.31. The summed E-state index contributed by atoms with van der Waals surface area (Å²) >= 11 is 0. The number of nitrogens with one attached hydrogen (secondary N) is 1. The Kier molecular flexibility index (Phi) is 6.84. The first-order valence-corrected chi connectivity index (χ1v) is 7.10. The van der Waals surface area contributed by atoms with Crippen LogP contribution in [0.2, 0.25) is 0 Å². The third-order valence-electron chi connectivity index (χ3n) is 3.24. The van der Waals surface area contributed by atoms with Gasteiger partial charge < -0.3 is 15.2 Å². The highest BCUT2D eigenvalue weighted by molar-refractivity contribution is 5.81. The van der Waals surface area contributed by atoms with Crippen molar-refractivity contribution in [2.75, 3.05) is 6.61 Å². The van der Waals surface area contributed by atoms with Crippen molar-refractivity contribution in [3.05, 3.63) is 0 Å². The van der Waals surface area contributed by atoms with Crippen molar-refractivity contribution in [1.29, 1.82) is 0 Å². The summed E-state index contributed by atoms with van der Waals surface area (Å²) in [7, 11) is 0. The van der Waals surface area contributed by atoms with Gasteiger partial charge in [-0.3, -0.25) is 9.59 Å². The third-order valence-corrected chi connectivity index (χ3v) is 3.24. The third kappa shape index (κ3) is 7.15. The Balaban J connectivity index is 2.12. The van der Waals surface area contributed by atoms with Gasteiger partial charge in [-0.2, -0.15) is 0 Å². The van der Waals surface area contributed by atoms with E-state index in [1.165, 1.54) is 0 Å². The Hall–Kier alpha value is -1.10. The maximum Gasteiger partial charge on any atom is 0.306 e. The zero-order valence-corrected chi connectivity index (χ0v) is 11.9. The molecule has 2 atom stereocenters. The lowest BCUT2D eigenvalue weighted by Crippen LogP contribution is -2.30.